The third kappa shape index (κ3) is 1.93. The molecule has 0 radical (unpaired) electrons. The Morgan fingerprint density at radius 3 is 2.45 bits per heavy atom. The van der Waals surface area contributed by atoms with E-state index in [1.165, 1.54) is 12.8 Å². The molecule has 3 nitrogen and oxygen atoms in total. The van der Waals surface area contributed by atoms with Gasteiger partial charge in [-0.25, -0.2) is 0 Å². The number of amides is 1. The van der Waals surface area contributed by atoms with Gasteiger partial charge in [-0.1, -0.05) is 12.8 Å². The summed E-state index contributed by atoms with van der Waals surface area (Å²) in [5.74, 6) is -0.193. The highest BCUT2D eigenvalue weighted by Crippen LogP contribution is 2.31. The van der Waals surface area contributed by atoms with Gasteiger partial charge in [0.25, 0.3) is 0 Å². The van der Waals surface area contributed by atoms with Crippen LogP contribution in [0.2, 0.25) is 0 Å². The lowest BCUT2D eigenvalue weighted by molar-refractivity contribution is -0.119. The summed E-state index contributed by atoms with van der Waals surface area (Å²) in [6, 6.07) is 0. The quantitative estimate of drug-likeness (QED) is 0.621. The van der Waals surface area contributed by atoms with Gasteiger partial charge in [-0.15, -0.1) is 0 Å². The molecular formula is C8H16N2O. The summed E-state index contributed by atoms with van der Waals surface area (Å²) in [7, 11) is 1.91. The Bertz CT molecular complexity index is 150. The van der Waals surface area contributed by atoms with Gasteiger partial charge in [0, 0.05) is 12.0 Å². The smallest absolute Gasteiger partial charge is 0.219 e. The van der Waals surface area contributed by atoms with Crippen LogP contribution in [0.5, 0.6) is 0 Å². The van der Waals surface area contributed by atoms with E-state index in [2.05, 4.69) is 5.32 Å². The predicted octanol–water partition coefficient (Wildman–Crippen LogP) is 0.394. The van der Waals surface area contributed by atoms with Gasteiger partial charge in [-0.2, -0.15) is 0 Å². The molecule has 1 aliphatic carbocycles. The van der Waals surface area contributed by atoms with Crippen molar-refractivity contribution in [3.63, 3.8) is 0 Å². The normalized spacial score (nSPS) is 21.9. The maximum absolute atomic E-state index is 10.7. The first kappa shape index (κ1) is 8.53. The van der Waals surface area contributed by atoms with Gasteiger partial charge >= 0.3 is 0 Å². The summed E-state index contributed by atoms with van der Waals surface area (Å²) < 4.78 is 0. The van der Waals surface area contributed by atoms with Gasteiger partial charge in [0.15, 0.2) is 0 Å². The van der Waals surface area contributed by atoms with Crippen molar-refractivity contribution in [3.8, 4) is 0 Å². The molecule has 64 valence electrons. The summed E-state index contributed by atoms with van der Waals surface area (Å²) in [4.78, 5) is 10.7. The van der Waals surface area contributed by atoms with Crippen molar-refractivity contribution in [1.82, 2.24) is 5.32 Å². The zero-order valence-corrected chi connectivity index (χ0v) is 7.02. The lowest BCUT2D eigenvalue weighted by Gasteiger charge is -2.26. The molecule has 1 aliphatic rings. The molecule has 0 aromatic rings. The summed E-state index contributed by atoms with van der Waals surface area (Å²) in [6.45, 7) is 0. The monoisotopic (exact) mass is 156 g/mol. The molecule has 11 heavy (non-hydrogen) atoms. The fourth-order valence-corrected chi connectivity index (χ4v) is 1.90. The Balaban J connectivity index is 2.52. The van der Waals surface area contributed by atoms with E-state index in [-0.39, 0.29) is 11.4 Å². The second-order valence-electron chi connectivity index (χ2n) is 3.38. The van der Waals surface area contributed by atoms with Crippen LogP contribution in [-0.4, -0.2) is 18.5 Å². The van der Waals surface area contributed by atoms with Crippen molar-refractivity contribution in [2.45, 2.75) is 37.6 Å². The number of hydrogen-bond donors (Lipinski definition) is 2. The molecule has 1 amide bonds. The largest absolute Gasteiger partial charge is 0.370 e. The molecule has 0 unspecified atom stereocenters. The molecule has 1 saturated carbocycles. The van der Waals surface area contributed by atoms with Crippen molar-refractivity contribution in [3.05, 3.63) is 0 Å². The van der Waals surface area contributed by atoms with Gasteiger partial charge in [-0.3, -0.25) is 4.79 Å². The highest BCUT2D eigenvalue weighted by atomic mass is 16.1. The van der Waals surface area contributed by atoms with Gasteiger partial charge < -0.3 is 11.1 Å². The molecule has 1 fully saturated rings. The molecule has 0 spiro atoms. The molecule has 0 saturated heterocycles. The second-order valence-corrected chi connectivity index (χ2v) is 3.38. The van der Waals surface area contributed by atoms with E-state index in [1.54, 1.807) is 0 Å². The third-order valence-electron chi connectivity index (χ3n) is 2.60. The zero-order valence-electron chi connectivity index (χ0n) is 7.02. The fraction of sp³-hybridized carbons (Fsp3) is 0.875. The van der Waals surface area contributed by atoms with Gasteiger partial charge in [0.2, 0.25) is 5.91 Å². The third-order valence-corrected chi connectivity index (χ3v) is 2.60. The number of rotatable bonds is 3. The van der Waals surface area contributed by atoms with Crippen LogP contribution in [-0.2, 0) is 4.79 Å². The molecular weight excluding hydrogens is 140 g/mol. The minimum atomic E-state index is -0.193. The summed E-state index contributed by atoms with van der Waals surface area (Å²) in [5, 5.41) is 3.21. The Morgan fingerprint density at radius 1 is 1.55 bits per heavy atom. The molecule has 0 heterocycles. The maximum atomic E-state index is 10.7. The molecule has 0 aliphatic heterocycles. The average molecular weight is 156 g/mol. The van der Waals surface area contributed by atoms with E-state index in [1.807, 2.05) is 7.05 Å². The lowest BCUT2D eigenvalue weighted by Crippen LogP contribution is -2.43. The van der Waals surface area contributed by atoms with E-state index in [0.29, 0.717) is 6.42 Å². The van der Waals surface area contributed by atoms with E-state index < -0.39 is 0 Å². The van der Waals surface area contributed by atoms with Crippen LogP contribution >= 0.6 is 0 Å². The van der Waals surface area contributed by atoms with Crippen LogP contribution in [0.1, 0.15) is 32.1 Å². The first-order valence-corrected chi connectivity index (χ1v) is 4.16. The average Bonchev–Trinajstić information content (AvgIpc) is 2.36. The number of primary amides is 1. The minimum absolute atomic E-state index is 0.0336. The number of carbonyl (C=O) groups is 1. The molecule has 0 aromatic heterocycles. The Morgan fingerprint density at radius 2 is 2.09 bits per heavy atom. The summed E-state index contributed by atoms with van der Waals surface area (Å²) in [5.41, 5.74) is 5.19. The van der Waals surface area contributed by atoms with Crippen LogP contribution in [0.3, 0.4) is 0 Å². The summed E-state index contributed by atoms with van der Waals surface area (Å²) >= 11 is 0. The standard InChI is InChI=1S/C8H16N2O/c1-10-8(6-7(9)11)4-2-3-5-8/h10H,2-6H2,1H3,(H2,9,11). The minimum Gasteiger partial charge on any atom is -0.370 e. The van der Waals surface area contributed by atoms with E-state index in [9.17, 15) is 4.79 Å². The summed E-state index contributed by atoms with van der Waals surface area (Å²) in [6.07, 6.45) is 5.10. The highest BCUT2D eigenvalue weighted by molar-refractivity contribution is 5.75. The van der Waals surface area contributed by atoms with Crippen molar-refractivity contribution >= 4 is 5.91 Å². The lowest BCUT2D eigenvalue weighted by atomic mass is 9.93. The van der Waals surface area contributed by atoms with Crippen molar-refractivity contribution in [1.29, 1.82) is 0 Å². The second kappa shape index (κ2) is 3.22. The highest BCUT2D eigenvalue weighted by Gasteiger charge is 2.33. The number of nitrogens with one attached hydrogen (secondary N) is 1. The number of carbonyl (C=O) groups excluding carboxylic acids is 1. The van der Waals surface area contributed by atoms with Crippen molar-refractivity contribution in [2.24, 2.45) is 5.73 Å². The van der Waals surface area contributed by atoms with Crippen LogP contribution in [0.4, 0.5) is 0 Å². The first-order valence-electron chi connectivity index (χ1n) is 4.16. The molecule has 3 N–H and O–H groups in total. The Labute approximate surface area is 67.3 Å². The maximum Gasteiger partial charge on any atom is 0.219 e. The molecule has 0 atom stereocenters. The van der Waals surface area contributed by atoms with Gasteiger partial charge in [0.1, 0.15) is 0 Å². The van der Waals surface area contributed by atoms with Crippen LogP contribution in [0, 0.1) is 0 Å². The van der Waals surface area contributed by atoms with Crippen LogP contribution in [0.25, 0.3) is 0 Å². The number of nitrogens with two attached hydrogens (primary N) is 1. The molecule has 0 aromatic carbocycles. The van der Waals surface area contributed by atoms with Crippen LogP contribution in [0.15, 0.2) is 0 Å². The zero-order chi connectivity index (χ0) is 8.32. The van der Waals surface area contributed by atoms with E-state index in [0.717, 1.165) is 12.8 Å². The first-order chi connectivity index (χ1) is 5.18. The van der Waals surface area contributed by atoms with Crippen molar-refractivity contribution < 1.29 is 4.79 Å². The molecule has 0 bridgehead atoms. The van der Waals surface area contributed by atoms with E-state index >= 15 is 0 Å². The number of hydrogen-bond acceptors (Lipinski definition) is 2. The van der Waals surface area contributed by atoms with E-state index in [4.69, 9.17) is 5.73 Å². The fourth-order valence-electron chi connectivity index (χ4n) is 1.90. The Hall–Kier alpha value is -0.570. The molecule has 1 rings (SSSR count). The Kier molecular flexibility index (Phi) is 2.49. The SMILES string of the molecule is CNC1(CC(N)=O)CCCC1. The van der Waals surface area contributed by atoms with Gasteiger partial charge in [-0.05, 0) is 19.9 Å². The van der Waals surface area contributed by atoms with Crippen LogP contribution < -0.4 is 11.1 Å². The predicted molar refractivity (Wildman–Crippen MR) is 44.1 cm³/mol. The van der Waals surface area contributed by atoms with Gasteiger partial charge in [0.05, 0.1) is 0 Å². The van der Waals surface area contributed by atoms with Crippen molar-refractivity contribution in [2.75, 3.05) is 7.05 Å². The topological polar surface area (TPSA) is 55.1 Å². The molecule has 3 heteroatoms.